The molecule has 3 aromatic carbocycles. The van der Waals surface area contributed by atoms with E-state index in [1.807, 2.05) is 48.5 Å². The van der Waals surface area contributed by atoms with Crippen LogP contribution >= 0.6 is 0 Å². The molecule has 5 nitrogen and oxygen atoms in total. The molecule has 0 radical (unpaired) electrons. The van der Waals surface area contributed by atoms with E-state index in [1.165, 1.54) is 0 Å². The maximum atomic E-state index is 13.9. The lowest BCUT2D eigenvalue weighted by atomic mass is 9.77. The maximum Gasteiger partial charge on any atom is 0.416 e. The predicted octanol–water partition coefficient (Wildman–Crippen LogP) is 5.93. The third kappa shape index (κ3) is 4.78. The number of halogens is 4. The van der Waals surface area contributed by atoms with Crippen molar-refractivity contribution in [2.45, 2.75) is 49.0 Å². The van der Waals surface area contributed by atoms with E-state index >= 15 is 0 Å². The van der Waals surface area contributed by atoms with Gasteiger partial charge in [0, 0.05) is 12.3 Å². The molecule has 39 heavy (non-hydrogen) atoms. The summed E-state index contributed by atoms with van der Waals surface area (Å²) in [4.78, 5) is 14.9. The number of benzene rings is 3. The molecule has 2 heterocycles. The number of aliphatic hydroxyl groups is 1. The summed E-state index contributed by atoms with van der Waals surface area (Å²) in [5, 5.41) is 11.4. The highest BCUT2D eigenvalue weighted by atomic mass is 19.4. The molecule has 9 heteroatoms. The van der Waals surface area contributed by atoms with Crippen molar-refractivity contribution in [2.75, 3.05) is 19.8 Å². The summed E-state index contributed by atoms with van der Waals surface area (Å²) in [6, 6.07) is 17.1. The van der Waals surface area contributed by atoms with Gasteiger partial charge in [-0.3, -0.25) is 4.90 Å². The summed E-state index contributed by atoms with van der Waals surface area (Å²) in [5.41, 5.74) is 1.54. The van der Waals surface area contributed by atoms with Gasteiger partial charge in [-0.1, -0.05) is 48.5 Å². The minimum absolute atomic E-state index is 0.0124. The second-order valence-corrected chi connectivity index (χ2v) is 10.7. The number of carbonyl (C=O) groups excluding carboxylic acids is 1. The average Bonchev–Trinajstić information content (AvgIpc) is 3.19. The summed E-state index contributed by atoms with van der Waals surface area (Å²) in [5.74, 6) is -0.922. The molecule has 3 aliphatic rings. The minimum atomic E-state index is -4.68. The van der Waals surface area contributed by atoms with Crippen LogP contribution in [0.2, 0.25) is 0 Å². The van der Waals surface area contributed by atoms with Crippen molar-refractivity contribution < 1.29 is 36.9 Å². The Morgan fingerprint density at radius 1 is 0.974 bits per heavy atom. The number of alkyl halides is 3. The Morgan fingerprint density at radius 3 is 2.15 bits per heavy atom. The van der Waals surface area contributed by atoms with Gasteiger partial charge in [-0.2, -0.15) is 13.2 Å². The van der Waals surface area contributed by atoms with Gasteiger partial charge in [0.05, 0.1) is 36.5 Å². The SMILES string of the molecule is O=C(OCC1c2ccccc2-c2ccccc21)N1C2COCC1CC(O)(Cc1cc(F)ccc1C(F)(F)F)C2. The number of piperidine rings is 1. The molecule has 2 aliphatic heterocycles. The average molecular weight is 542 g/mol. The van der Waals surface area contributed by atoms with Gasteiger partial charge in [0.2, 0.25) is 0 Å². The molecule has 6 rings (SSSR count). The molecule has 2 bridgehead atoms. The lowest BCUT2D eigenvalue weighted by Crippen LogP contribution is -2.64. The van der Waals surface area contributed by atoms with Gasteiger partial charge in [-0.15, -0.1) is 0 Å². The first-order valence-corrected chi connectivity index (χ1v) is 12.9. The number of rotatable bonds is 4. The molecule has 0 spiro atoms. The topological polar surface area (TPSA) is 59.0 Å². The van der Waals surface area contributed by atoms with Crippen LogP contribution in [0, 0.1) is 5.82 Å². The molecule has 2 atom stereocenters. The number of hydrogen-bond acceptors (Lipinski definition) is 4. The second kappa shape index (κ2) is 9.64. The van der Waals surface area contributed by atoms with Gasteiger partial charge in [-0.05, 0) is 58.9 Å². The highest BCUT2D eigenvalue weighted by Crippen LogP contribution is 2.45. The number of hydrogen-bond donors (Lipinski definition) is 1. The first kappa shape index (κ1) is 25.8. The quantitative estimate of drug-likeness (QED) is 0.416. The number of amides is 1. The van der Waals surface area contributed by atoms with Gasteiger partial charge in [0.25, 0.3) is 0 Å². The summed E-state index contributed by atoms with van der Waals surface area (Å²) >= 11 is 0. The number of ether oxygens (including phenoxy) is 2. The molecular formula is C30H27F4NO4. The molecule has 204 valence electrons. The normalized spacial score (nSPS) is 24.3. The predicted molar refractivity (Wildman–Crippen MR) is 135 cm³/mol. The van der Waals surface area contributed by atoms with Gasteiger partial charge < -0.3 is 14.6 Å². The Bertz CT molecular complexity index is 1350. The standard InChI is InChI=1S/C30H27F4NO4/c31-19-9-10-27(30(32,33)34)18(11-19)12-29(37)13-20-15-38-16-21(14-29)35(20)28(36)39-17-26-24-7-3-1-5-22(24)23-6-2-4-8-25(23)26/h1-11,20-21,26,37H,12-17H2. The van der Waals surface area contributed by atoms with Gasteiger partial charge in [0.1, 0.15) is 12.4 Å². The van der Waals surface area contributed by atoms with Crippen LogP contribution in [0.15, 0.2) is 66.7 Å². The molecule has 0 saturated carbocycles. The molecule has 2 unspecified atom stereocenters. The van der Waals surface area contributed by atoms with Crippen molar-refractivity contribution >= 4 is 6.09 Å². The van der Waals surface area contributed by atoms with Crippen molar-refractivity contribution in [3.05, 3.63) is 94.8 Å². The minimum Gasteiger partial charge on any atom is -0.448 e. The fourth-order valence-corrected chi connectivity index (χ4v) is 6.52. The summed E-state index contributed by atoms with van der Waals surface area (Å²) in [7, 11) is 0. The molecule has 1 amide bonds. The van der Waals surface area contributed by atoms with Crippen LogP contribution < -0.4 is 0 Å². The van der Waals surface area contributed by atoms with Crippen molar-refractivity contribution in [1.82, 2.24) is 4.90 Å². The summed E-state index contributed by atoms with van der Waals surface area (Å²) in [6.45, 7) is 0.378. The summed E-state index contributed by atoms with van der Waals surface area (Å²) < 4.78 is 66.0. The zero-order valence-electron chi connectivity index (χ0n) is 21.0. The van der Waals surface area contributed by atoms with Crippen LogP contribution in [0.4, 0.5) is 22.4 Å². The Labute approximate surface area is 223 Å². The van der Waals surface area contributed by atoms with Crippen molar-refractivity contribution in [1.29, 1.82) is 0 Å². The lowest BCUT2D eigenvalue weighted by molar-refractivity contribution is -0.141. The van der Waals surface area contributed by atoms with Crippen LogP contribution in [0.1, 0.15) is 41.0 Å². The van der Waals surface area contributed by atoms with E-state index in [9.17, 15) is 27.5 Å². The van der Waals surface area contributed by atoms with E-state index in [2.05, 4.69) is 0 Å². The highest BCUT2D eigenvalue weighted by Gasteiger charge is 2.49. The maximum absolute atomic E-state index is 13.9. The third-order valence-corrected chi connectivity index (χ3v) is 8.08. The Balaban J connectivity index is 1.18. The fourth-order valence-electron chi connectivity index (χ4n) is 6.52. The van der Waals surface area contributed by atoms with E-state index in [0.29, 0.717) is 6.07 Å². The monoisotopic (exact) mass is 541 g/mol. The molecule has 1 aliphatic carbocycles. The zero-order chi connectivity index (χ0) is 27.4. The molecular weight excluding hydrogens is 514 g/mol. The number of fused-ring (bicyclic) bond motifs is 5. The lowest BCUT2D eigenvalue weighted by Gasteiger charge is -2.51. The van der Waals surface area contributed by atoms with Crippen molar-refractivity contribution in [2.24, 2.45) is 0 Å². The molecule has 2 saturated heterocycles. The zero-order valence-corrected chi connectivity index (χ0v) is 21.0. The molecule has 2 fully saturated rings. The Kier molecular flexibility index (Phi) is 6.38. The van der Waals surface area contributed by atoms with Crippen LogP contribution in [0.25, 0.3) is 11.1 Å². The molecule has 1 N–H and O–H groups in total. The van der Waals surface area contributed by atoms with Crippen LogP contribution in [0.3, 0.4) is 0 Å². The second-order valence-electron chi connectivity index (χ2n) is 10.7. The van der Waals surface area contributed by atoms with Crippen LogP contribution in [-0.2, 0) is 22.1 Å². The van der Waals surface area contributed by atoms with Crippen molar-refractivity contribution in [3.63, 3.8) is 0 Å². The smallest absolute Gasteiger partial charge is 0.416 e. The first-order valence-electron chi connectivity index (χ1n) is 12.9. The highest BCUT2D eigenvalue weighted by molar-refractivity contribution is 5.79. The van der Waals surface area contributed by atoms with Gasteiger partial charge >= 0.3 is 12.3 Å². The molecule has 3 aromatic rings. The largest absolute Gasteiger partial charge is 0.448 e. The number of morpholine rings is 1. The van der Waals surface area contributed by atoms with E-state index < -0.39 is 41.3 Å². The van der Waals surface area contributed by atoms with E-state index in [4.69, 9.17) is 9.47 Å². The van der Waals surface area contributed by atoms with Crippen LogP contribution in [0.5, 0.6) is 0 Å². The fraction of sp³-hybridized carbons (Fsp3) is 0.367. The van der Waals surface area contributed by atoms with E-state index in [-0.39, 0.29) is 50.6 Å². The van der Waals surface area contributed by atoms with E-state index in [1.54, 1.807) is 4.90 Å². The first-order chi connectivity index (χ1) is 18.6. The molecule has 0 aromatic heterocycles. The Hall–Kier alpha value is -3.43. The number of nitrogens with zero attached hydrogens (tertiary/aromatic N) is 1. The summed E-state index contributed by atoms with van der Waals surface area (Å²) in [6.07, 6.45) is -5.63. The Morgan fingerprint density at radius 2 is 1.56 bits per heavy atom. The van der Waals surface area contributed by atoms with Crippen molar-refractivity contribution in [3.8, 4) is 11.1 Å². The van der Waals surface area contributed by atoms with Gasteiger partial charge in [-0.25, -0.2) is 9.18 Å². The number of carbonyl (C=O) groups is 1. The third-order valence-electron chi connectivity index (χ3n) is 8.08. The van der Waals surface area contributed by atoms with Crippen LogP contribution in [-0.4, -0.2) is 53.6 Å². The van der Waals surface area contributed by atoms with Gasteiger partial charge in [0.15, 0.2) is 0 Å². The van der Waals surface area contributed by atoms with E-state index in [0.717, 1.165) is 34.4 Å².